The summed E-state index contributed by atoms with van der Waals surface area (Å²) in [5.74, 6) is 3.20. The van der Waals surface area contributed by atoms with E-state index in [1.165, 1.54) is 110 Å². The Labute approximate surface area is 514 Å². The molecule has 0 spiro atoms. The molecule has 3 aliphatic carbocycles. The summed E-state index contributed by atoms with van der Waals surface area (Å²) in [6.07, 6.45) is 15.3. The fourth-order valence-electron chi connectivity index (χ4n) is 13.6. The molecule has 12 atom stereocenters. The lowest BCUT2D eigenvalue weighted by molar-refractivity contribution is 0.250. The van der Waals surface area contributed by atoms with Crippen molar-refractivity contribution in [1.29, 1.82) is 0 Å². The summed E-state index contributed by atoms with van der Waals surface area (Å²) in [5.41, 5.74) is 8.12. The fraction of sp³-hybridized carbons (Fsp3) is 0.750. The van der Waals surface area contributed by atoms with E-state index < -0.39 is 0 Å². The highest BCUT2D eigenvalue weighted by atomic mass is 15.1. The van der Waals surface area contributed by atoms with E-state index in [9.17, 15) is 0 Å². The first-order valence-corrected chi connectivity index (χ1v) is 34.6. The standard InChI is InChI=1S/C72H126N12/c1-49(2)67-43-79-61-19-13-14-20-62(61)80-44-68(50(3)4)75-39-57-29-31-58(32-30-57)40-76-71(53(9)10)47-83-65-23-17-18-24-66(65)84-48-72(54(11)12)78-42-60-35-33-59(34-36-60)41-77-70(52(7)8)46-82-64-22-16-15-21-63(64)81-45-69(51(5)6)74-38-56-27-25-55(26-28-56)37-73-67/h25-36,49-54,61-84H,13-24,37-48H2,1-12H3/t61-,62-,63-,64-,65-,66-,67+,68+,69+,70+,71+,72+/m1/s1. The first kappa shape index (κ1) is 68.7. The third-order valence-electron chi connectivity index (χ3n) is 20.2. The Hall–Kier alpha value is -2.82. The number of rotatable bonds is 6. The van der Waals surface area contributed by atoms with Crippen molar-refractivity contribution >= 4 is 0 Å². The molecule has 10 rings (SSSR count). The maximum Gasteiger partial charge on any atom is 0.0221 e. The molecule has 6 bridgehead atoms. The largest absolute Gasteiger partial charge is 0.311 e. The molecule has 0 aromatic heterocycles. The molecule has 12 nitrogen and oxygen atoms in total. The van der Waals surface area contributed by atoms with Crippen molar-refractivity contribution in [2.45, 2.75) is 272 Å². The van der Waals surface area contributed by atoms with Gasteiger partial charge < -0.3 is 63.8 Å². The second-order valence-electron chi connectivity index (χ2n) is 28.8. The molecule has 0 saturated heterocycles. The molecule has 3 fully saturated rings. The molecule has 12 heteroatoms. The second-order valence-corrected chi connectivity index (χ2v) is 28.8. The Morgan fingerprint density at radius 3 is 0.464 bits per heavy atom. The number of hydrogen-bond acceptors (Lipinski definition) is 12. The van der Waals surface area contributed by atoms with E-state index >= 15 is 0 Å². The summed E-state index contributed by atoms with van der Waals surface area (Å²) >= 11 is 0. The Balaban J connectivity index is 0.989. The van der Waals surface area contributed by atoms with Gasteiger partial charge in [-0.3, -0.25) is 0 Å². The third kappa shape index (κ3) is 23.3. The lowest BCUT2D eigenvalue weighted by Crippen LogP contribution is -2.56. The maximum atomic E-state index is 4.09. The van der Waals surface area contributed by atoms with Crippen LogP contribution in [-0.4, -0.2) is 112 Å². The molecule has 3 aromatic carbocycles. The Morgan fingerprint density at radius 2 is 0.345 bits per heavy atom. The van der Waals surface area contributed by atoms with Crippen LogP contribution < -0.4 is 63.8 Å². The van der Waals surface area contributed by atoms with E-state index in [0.29, 0.717) is 108 Å². The van der Waals surface area contributed by atoms with Crippen molar-refractivity contribution in [3.63, 3.8) is 0 Å². The van der Waals surface area contributed by atoms with Crippen molar-refractivity contribution in [2.75, 3.05) is 39.3 Å². The van der Waals surface area contributed by atoms with E-state index in [2.05, 4.69) is 220 Å². The van der Waals surface area contributed by atoms with Gasteiger partial charge in [0.25, 0.3) is 0 Å². The number of fused-ring (bicyclic) bond motifs is 3. The SMILES string of the molecule is CC(C)[C@@H]1CN[C@@H]2CCCC[C@H]2NC[C@@H](C(C)C)NCc2ccc(cc2)CN[C@H](C(C)C)CN[C@@H]2CCCC[C@H]2NC[C@@H](C(C)C)NCc2ccc(cc2)CN[C@H](C(C)C)CN[C@@H]2CCCC[C@H]2NC[C@@H](C(C)C)NCc2ccc(cc2)CN1. The second kappa shape index (κ2) is 36.6. The van der Waals surface area contributed by atoms with E-state index in [0.717, 1.165) is 78.5 Å². The minimum atomic E-state index is 0.399. The molecule has 0 unspecified atom stereocenters. The molecule has 3 saturated carbocycles. The molecule has 84 heavy (non-hydrogen) atoms. The fourth-order valence-corrected chi connectivity index (χ4v) is 13.6. The van der Waals surface area contributed by atoms with Gasteiger partial charge in [0.05, 0.1) is 0 Å². The minimum absolute atomic E-state index is 0.399. The van der Waals surface area contributed by atoms with Gasteiger partial charge >= 0.3 is 0 Å². The first-order chi connectivity index (χ1) is 40.6. The molecule has 4 heterocycles. The molecule has 12 N–H and O–H groups in total. The number of nitrogens with one attached hydrogen (secondary N) is 12. The summed E-state index contributed by atoms with van der Waals surface area (Å²) in [6, 6.07) is 33.4. The summed E-state index contributed by atoms with van der Waals surface area (Å²) in [4.78, 5) is 0. The van der Waals surface area contributed by atoms with Crippen molar-refractivity contribution in [1.82, 2.24) is 63.8 Å². The van der Waals surface area contributed by atoms with Crippen molar-refractivity contribution in [3.05, 3.63) is 106 Å². The quantitative estimate of drug-likeness (QED) is 0.114. The molecule has 0 radical (unpaired) electrons. The van der Waals surface area contributed by atoms with E-state index in [4.69, 9.17) is 0 Å². The lowest BCUT2D eigenvalue weighted by Gasteiger charge is -2.36. The monoisotopic (exact) mass is 1160 g/mol. The van der Waals surface area contributed by atoms with Gasteiger partial charge in [-0.15, -0.1) is 0 Å². The first-order valence-electron chi connectivity index (χ1n) is 34.6. The molecular weight excluding hydrogens is 1030 g/mol. The van der Waals surface area contributed by atoms with Gasteiger partial charge in [0.2, 0.25) is 0 Å². The zero-order valence-electron chi connectivity index (χ0n) is 55.3. The smallest absolute Gasteiger partial charge is 0.0221 e. The van der Waals surface area contributed by atoms with Crippen LogP contribution in [0.25, 0.3) is 0 Å². The Kier molecular flexibility index (Phi) is 29.9. The third-order valence-corrected chi connectivity index (χ3v) is 20.2. The van der Waals surface area contributed by atoms with Crippen LogP contribution in [0.2, 0.25) is 0 Å². The van der Waals surface area contributed by atoms with Crippen LogP contribution in [0.15, 0.2) is 72.8 Å². The average Bonchev–Trinajstić information content (AvgIpc) is 3.69. The summed E-state index contributed by atoms with van der Waals surface area (Å²) < 4.78 is 0. The number of benzene rings is 3. The molecular formula is C72H126N12. The summed E-state index contributed by atoms with van der Waals surface area (Å²) in [7, 11) is 0. The van der Waals surface area contributed by atoms with Gasteiger partial charge in [0, 0.05) is 151 Å². The highest BCUT2D eigenvalue weighted by molar-refractivity contribution is 5.25. The highest BCUT2D eigenvalue weighted by Gasteiger charge is 2.31. The van der Waals surface area contributed by atoms with Gasteiger partial charge in [0.1, 0.15) is 0 Å². The molecule has 4 aliphatic heterocycles. The predicted molar refractivity (Wildman–Crippen MR) is 358 cm³/mol. The predicted octanol–water partition coefficient (Wildman–Crippen LogP) is 10.3. The molecule has 474 valence electrons. The zero-order chi connectivity index (χ0) is 59.8. The van der Waals surface area contributed by atoms with Gasteiger partial charge in [0.15, 0.2) is 0 Å². The van der Waals surface area contributed by atoms with Crippen LogP contribution in [0.1, 0.15) is 194 Å². The van der Waals surface area contributed by atoms with Gasteiger partial charge in [-0.25, -0.2) is 0 Å². The highest BCUT2D eigenvalue weighted by Crippen LogP contribution is 2.23. The average molecular weight is 1160 g/mol. The van der Waals surface area contributed by atoms with Crippen LogP contribution >= 0.6 is 0 Å². The van der Waals surface area contributed by atoms with Crippen molar-refractivity contribution < 1.29 is 0 Å². The Morgan fingerprint density at radius 1 is 0.214 bits per heavy atom. The normalized spacial score (nSPS) is 30.5. The molecule has 7 aliphatic rings. The van der Waals surface area contributed by atoms with Crippen LogP contribution in [0.5, 0.6) is 0 Å². The summed E-state index contributed by atoms with van der Waals surface area (Å²) in [6.45, 7) is 39.7. The van der Waals surface area contributed by atoms with Gasteiger partial charge in [-0.1, -0.05) is 194 Å². The van der Waals surface area contributed by atoms with Crippen molar-refractivity contribution in [3.8, 4) is 0 Å². The van der Waals surface area contributed by atoms with E-state index in [1.54, 1.807) is 0 Å². The maximum absolute atomic E-state index is 4.09. The van der Waals surface area contributed by atoms with Crippen LogP contribution in [-0.2, 0) is 39.3 Å². The lowest BCUT2D eigenvalue weighted by atomic mass is 9.89. The van der Waals surface area contributed by atoms with Crippen LogP contribution in [0, 0.1) is 35.5 Å². The number of hydrogen-bond donors (Lipinski definition) is 12. The summed E-state index contributed by atoms with van der Waals surface area (Å²) in [5, 5.41) is 48.4. The van der Waals surface area contributed by atoms with Gasteiger partial charge in [-0.05, 0) is 107 Å². The van der Waals surface area contributed by atoms with Gasteiger partial charge in [-0.2, -0.15) is 0 Å². The van der Waals surface area contributed by atoms with Crippen LogP contribution in [0.3, 0.4) is 0 Å². The van der Waals surface area contributed by atoms with E-state index in [-0.39, 0.29) is 0 Å². The van der Waals surface area contributed by atoms with Crippen molar-refractivity contribution in [2.24, 2.45) is 35.5 Å². The van der Waals surface area contributed by atoms with Crippen LogP contribution in [0.4, 0.5) is 0 Å². The Bertz CT molecular complexity index is 1800. The minimum Gasteiger partial charge on any atom is -0.311 e. The zero-order valence-corrected chi connectivity index (χ0v) is 55.3. The topological polar surface area (TPSA) is 144 Å². The molecule has 3 aromatic rings. The molecule has 0 amide bonds. The van der Waals surface area contributed by atoms with E-state index in [1.807, 2.05) is 0 Å².